The molecule has 1 atom stereocenters. The Balaban J connectivity index is 2.98. The van der Waals surface area contributed by atoms with Crippen molar-refractivity contribution in [1.82, 2.24) is 5.43 Å². The van der Waals surface area contributed by atoms with E-state index in [1.54, 1.807) is 6.92 Å². The maximum atomic E-state index is 5.93. The number of nitrogens with two attached hydrogens (primary N) is 1. The van der Waals surface area contributed by atoms with Crippen molar-refractivity contribution in [1.29, 1.82) is 0 Å². The maximum Gasteiger partial charge on any atom is 0.0580 e. The molecular weight excluding hydrogens is 275 g/mol. The van der Waals surface area contributed by atoms with Crippen LogP contribution in [0.4, 0.5) is 0 Å². The van der Waals surface area contributed by atoms with Gasteiger partial charge < -0.3 is 0 Å². The zero-order valence-corrected chi connectivity index (χ0v) is 10.7. The summed E-state index contributed by atoms with van der Waals surface area (Å²) in [5.41, 5.74) is 3.75. The van der Waals surface area contributed by atoms with Crippen LogP contribution >= 0.6 is 27.5 Å². The molecule has 0 spiro atoms. The van der Waals surface area contributed by atoms with Crippen LogP contribution in [-0.4, -0.2) is 0 Å². The zero-order chi connectivity index (χ0) is 11.3. The van der Waals surface area contributed by atoms with E-state index in [9.17, 15) is 0 Å². The van der Waals surface area contributed by atoms with E-state index in [0.717, 1.165) is 10.0 Å². The number of nitrogens with one attached hydrogen (secondary N) is 1. The molecule has 80 valence electrons. The largest absolute Gasteiger partial charge is 0.271 e. The molecule has 0 aliphatic carbocycles. The van der Waals surface area contributed by atoms with Gasteiger partial charge in [0.15, 0.2) is 0 Å². The molecule has 1 aromatic rings. The van der Waals surface area contributed by atoms with Crippen LogP contribution in [0.2, 0.25) is 5.02 Å². The molecule has 0 amide bonds. The molecule has 1 unspecified atom stereocenters. The topological polar surface area (TPSA) is 38.0 Å². The van der Waals surface area contributed by atoms with E-state index in [1.807, 2.05) is 18.2 Å². The third kappa shape index (κ3) is 3.51. The Kier molecular flexibility index (Phi) is 5.13. The molecular formula is C11H12BrClN2. The van der Waals surface area contributed by atoms with E-state index in [1.165, 1.54) is 0 Å². The second kappa shape index (κ2) is 6.14. The summed E-state index contributed by atoms with van der Waals surface area (Å²) in [6.45, 7) is 1.81. The lowest BCUT2D eigenvalue weighted by Gasteiger charge is -2.15. The predicted octanol–water partition coefficient (Wildman–Crippen LogP) is 3.02. The zero-order valence-electron chi connectivity index (χ0n) is 8.35. The molecule has 3 N–H and O–H groups in total. The summed E-state index contributed by atoms with van der Waals surface area (Å²) in [5.74, 6) is 11.3. The lowest BCUT2D eigenvalue weighted by Crippen LogP contribution is -2.28. The minimum Gasteiger partial charge on any atom is -0.271 e. The fraction of sp³-hybridized carbons (Fsp3) is 0.273. The summed E-state index contributed by atoms with van der Waals surface area (Å²) in [6, 6.07) is 5.61. The van der Waals surface area contributed by atoms with Crippen LogP contribution in [0.1, 0.15) is 24.9 Å². The van der Waals surface area contributed by atoms with E-state index in [-0.39, 0.29) is 6.04 Å². The van der Waals surface area contributed by atoms with Gasteiger partial charge in [-0.2, -0.15) is 0 Å². The van der Waals surface area contributed by atoms with Gasteiger partial charge in [0.2, 0.25) is 0 Å². The van der Waals surface area contributed by atoms with Crippen molar-refractivity contribution in [3.8, 4) is 11.8 Å². The van der Waals surface area contributed by atoms with Crippen molar-refractivity contribution in [2.45, 2.75) is 19.4 Å². The smallest absolute Gasteiger partial charge is 0.0580 e. The van der Waals surface area contributed by atoms with Gasteiger partial charge in [0.25, 0.3) is 0 Å². The van der Waals surface area contributed by atoms with Gasteiger partial charge >= 0.3 is 0 Å². The first-order chi connectivity index (χ1) is 7.19. The molecule has 0 aliphatic rings. The number of hydrazine groups is 1. The first kappa shape index (κ1) is 12.5. The Hall–Kier alpha value is -0.530. The molecule has 0 fully saturated rings. The molecule has 1 aromatic carbocycles. The highest BCUT2D eigenvalue weighted by Gasteiger charge is 2.12. The number of rotatable bonds is 3. The summed E-state index contributed by atoms with van der Waals surface area (Å²) < 4.78 is 0.979. The summed E-state index contributed by atoms with van der Waals surface area (Å²) in [5, 5.41) is 0.693. The Labute approximate surface area is 103 Å². The van der Waals surface area contributed by atoms with E-state index in [2.05, 4.69) is 33.2 Å². The molecule has 15 heavy (non-hydrogen) atoms. The van der Waals surface area contributed by atoms with Crippen molar-refractivity contribution >= 4 is 27.5 Å². The van der Waals surface area contributed by atoms with Gasteiger partial charge in [0, 0.05) is 15.9 Å². The van der Waals surface area contributed by atoms with Crippen LogP contribution < -0.4 is 11.3 Å². The average molecular weight is 288 g/mol. The van der Waals surface area contributed by atoms with Crippen LogP contribution in [0, 0.1) is 11.8 Å². The third-order valence-electron chi connectivity index (χ3n) is 2.02. The van der Waals surface area contributed by atoms with Gasteiger partial charge in [-0.1, -0.05) is 27.5 Å². The van der Waals surface area contributed by atoms with E-state index >= 15 is 0 Å². The molecule has 0 aliphatic heterocycles. The predicted molar refractivity (Wildman–Crippen MR) is 67.3 cm³/mol. The summed E-state index contributed by atoms with van der Waals surface area (Å²) in [7, 11) is 0. The molecule has 0 bridgehead atoms. The highest BCUT2D eigenvalue weighted by molar-refractivity contribution is 9.10. The fourth-order valence-corrected chi connectivity index (χ4v) is 1.95. The molecule has 0 radical (unpaired) electrons. The highest BCUT2D eigenvalue weighted by atomic mass is 79.9. The van der Waals surface area contributed by atoms with Crippen LogP contribution in [0.5, 0.6) is 0 Å². The van der Waals surface area contributed by atoms with Gasteiger partial charge in [-0.15, -0.1) is 11.8 Å². The van der Waals surface area contributed by atoms with Crippen LogP contribution in [0.25, 0.3) is 0 Å². The van der Waals surface area contributed by atoms with Crippen molar-refractivity contribution in [3.63, 3.8) is 0 Å². The number of halogens is 2. The second-order valence-electron chi connectivity index (χ2n) is 3.02. The van der Waals surface area contributed by atoms with Crippen molar-refractivity contribution in [2.24, 2.45) is 5.84 Å². The maximum absolute atomic E-state index is 5.93. The molecule has 0 aromatic heterocycles. The second-order valence-corrected chi connectivity index (χ2v) is 4.31. The number of benzene rings is 1. The SMILES string of the molecule is CC#CCC(NN)c1cc(Cl)ccc1Br. The Bertz CT molecular complexity index is 395. The highest BCUT2D eigenvalue weighted by Crippen LogP contribution is 2.27. The molecule has 0 saturated carbocycles. The standard InChI is InChI=1S/C11H12BrClN2/c1-2-3-4-11(15-14)9-7-8(13)5-6-10(9)12/h5-7,11,15H,4,14H2,1H3. The van der Waals surface area contributed by atoms with Crippen molar-refractivity contribution in [3.05, 3.63) is 33.3 Å². The third-order valence-corrected chi connectivity index (χ3v) is 2.97. The van der Waals surface area contributed by atoms with Crippen LogP contribution in [0.3, 0.4) is 0 Å². The fourth-order valence-electron chi connectivity index (χ4n) is 1.24. The Morgan fingerprint density at radius 3 is 2.93 bits per heavy atom. The summed E-state index contributed by atoms with van der Waals surface area (Å²) in [6.07, 6.45) is 0.659. The van der Waals surface area contributed by atoms with Crippen molar-refractivity contribution < 1.29 is 0 Å². The first-order valence-corrected chi connectivity index (χ1v) is 5.66. The molecule has 1 rings (SSSR count). The van der Waals surface area contributed by atoms with Gasteiger partial charge in [0.1, 0.15) is 0 Å². The van der Waals surface area contributed by atoms with Crippen LogP contribution in [-0.2, 0) is 0 Å². The van der Waals surface area contributed by atoms with Gasteiger partial charge in [-0.25, -0.2) is 0 Å². The first-order valence-electron chi connectivity index (χ1n) is 4.49. The molecule has 0 heterocycles. The van der Waals surface area contributed by atoms with Gasteiger partial charge in [0.05, 0.1) is 6.04 Å². The Morgan fingerprint density at radius 1 is 1.60 bits per heavy atom. The lowest BCUT2D eigenvalue weighted by atomic mass is 10.0. The monoisotopic (exact) mass is 286 g/mol. The lowest BCUT2D eigenvalue weighted by molar-refractivity contribution is 0.566. The normalized spacial score (nSPS) is 11.7. The summed E-state index contributed by atoms with van der Waals surface area (Å²) >= 11 is 9.39. The minimum atomic E-state index is -0.00877. The van der Waals surface area contributed by atoms with Crippen LogP contribution in [0.15, 0.2) is 22.7 Å². The minimum absolute atomic E-state index is 0.00877. The number of hydrogen-bond donors (Lipinski definition) is 2. The molecule has 0 saturated heterocycles. The van der Waals surface area contributed by atoms with E-state index < -0.39 is 0 Å². The molecule has 4 heteroatoms. The van der Waals surface area contributed by atoms with Gasteiger partial charge in [-0.05, 0) is 30.7 Å². The quantitative estimate of drug-likeness (QED) is 0.509. The van der Waals surface area contributed by atoms with E-state index in [4.69, 9.17) is 17.4 Å². The average Bonchev–Trinajstić information content (AvgIpc) is 2.24. The Morgan fingerprint density at radius 2 is 2.33 bits per heavy atom. The molecule has 2 nitrogen and oxygen atoms in total. The van der Waals surface area contributed by atoms with E-state index in [0.29, 0.717) is 11.4 Å². The van der Waals surface area contributed by atoms with Gasteiger partial charge in [-0.3, -0.25) is 11.3 Å². The summed E-state index contributed by atoms with van der Waals surface area (Å²) in [4.78, 5) is 0. The van der Waals surface area contributed by atoms with Crippen molar-refractivity contribution in [2.75, 3.05) is 0 Å². The number of hydrogen-bond acceptors (Lipinski definition) is 2.